The highest BCUT2D eigenvalue weighted by atomic mass is 19.4. The summed E-state index contributed by atoms with van der Waals surface area (Å²) in [7, 11) is 0. The fraction of sp³-hybridized carbons (Fsp3) is 0.250. The third-order valence-electron chi connectivity index (χ3n) is 2.03. The molecule has 0 atom stereocenters. The van der Waals surface area contributed by atoms with Gasteiger partial charge in [0.15, 0.2) is 0 Å². The van der Waals surface area contributed by atoms with E-state index in [9.17, 15) is 18.0 Å². The molecule has 0 unspecified atom stereocenters. The van der Waals surface area contributed by atoms with Crippen molar-refractivity contribution in [1.29, 1.82) is 0 Å². The maximum Gasteiger partial charge on any atom is 0.416 e. The highest BCUT2D eigenvalue weighted by Gasteiger charge is 2.29. The van der Waals surface area contributed by atoms with Gasteiger partial charge in [0.25, 0.3) is 0 Å². The van der Waals surface area contributed by atoms with Crippen molar-refractivity contribution in [3.63, 3.8) is 0 Å². The van der Waals surface area contributed by atoms with Gasteiger partial charge in [0.05, 0.1) is 5.56 Å². The van der Waals surface area contributed by atoms with Crippen molar-refractivity contribution < 1.29 is 18.0 Å². The largest absolute Gasteiger partial charge is 0.416 e. The highest BCUT2D eigenvalue weighted by Crippen LogP contribution is 2.29. The molecule has 0 aliphatic rings. The van der Waals surface area contributed by atoms with Crippen LogP contribution in [0.25, 0.3) is 0 Å². The zero-order valence-electron chi connectivity index (χ0n) is 8.50. The molecule has 16 heavy (non-hydrogen) atoms. The Hall–Kier alpha value is -1.58. The average Bonchev–Trinajstić information content (AvgIpc) is 2.24. The summed E-state index contributed by atoms with van der Waals surface area (Å²) in [5.41, 5.74) is 0.142. The van der Waals surface area contributed by atoms with E-state index >= 15 is 0 Å². The predicted octanol–water partition coefficient (Wildman–Crippen LogP) is 3.39. The van der Waals surface area contributed by atoms with Crippen molar-refractivity contribution in [2.24, 2.45) is 0 Å². The lowest BCUT2D eigenvalue weighted by atomic mass is 10.1. The molecule has 0 N–H and O–H groups in total. The topological polar surface area (TPSA) is 17.1 Å². The Bertz CT molecular complexity index is 363. The number of hydrogen-bond donors (Lipinski definition) is 0. The fourth-order valence-electron chi connectivity index (χ4n) is 1.20. The lowest BCUT2D eigenvalue weighted by molar-refractivity contribution is -0.137. The first kappa shape index (κ1) is 12.5. The van der Waals surface area contributed by atoms with E-state index in [2.05, 4.69) is 0 Å². The van der Waals surface area contributed by atoms with Crippen molar-refractivity contribution in [3.05, 3.63) is 47.5 Å². The molecule has 0 aromatic heterocycles. The number of rotatable bonds is 4. The van der Waals surface area contributed by atoms with Gasteiger partial charge in [-0.1, -0.05) is 24.3 Å². The first-order chi connectivity index (χ1) is 7.54. The first-order valence-electron chi connectivity index (χ1n) is 4.79. The highest BCUT2D eigenvalue weighted by molar-refractivity contribution is 5.51. The molecule has 0 heterocycles. The summed E-state index contributed by atoms with van der Waals surface area (Å²) in [6.45, 7) is 0. The fourth-order valence-corrected chi connectivity index (χ4v) is 1.20. The Morgan fingerprint density at radius 1 is 1.06 bits per heavy atom. The van der Waals surface area contributed by atoms with Gasteiger partial charge in [0.2, 0.25) is 0 Å². The number of alkyl halides is 3. The second kappa shape index (κ2) is 5.49. The summed E-state index contributed by atoms with van der Waals surface area (Å²) in [4.78, 5) is 9.99. The standard InChI is InChI=1S/C12H11F3O/c13-12(14,15)11-7-5-10(6-8-11)4-2-1-3-9-16/h1-2,5-9H,3-4H2/b2-1-. The van der Waals surface area contributed by atoms with E-state index in [1.165, 1.54) is 12.1 Å². The van der Waals surface area contributed by atoms with Gasteiger partial charge >= 0.3 is 6.18 Å². The van der Waals surface area contributed by atoms with Gasteiger partial charge in [-0.3, -0.25) is 0 Å². The van der Waals surface area contributed by atoms with E-state index in [1.54, 1.807) is 12.2 Å². The number of carbonyl (C=O) groups excluding carboxylic acids is 1. The van der Waals surface area contributed by atoms with E-state index in [4.69, 9.17) is 0 Å². The smallest absolute Gasteiger partial charge is 0.303 e. The molecule has 0 radical (unpaired) electrons. The molecule has 1 nitrogen and oxygen atoms in total. The van der Waals surface area contributed by atoms with E-state index in [-0.39, 0.29) is 0 Å². The third kappa shape index (κ3) is 3.88. The molecular weight excluding hydrogens is 217 g/mol. The molecule has 0 aliphatic carbocycles. The zero-order valence-corrected chi connectivity index (χ0v) is 8.50. The second-order valence-corrected chi connectivity index (χ2v) is 3.27. The van der Waals surface area contributed by atoms with Crippen LogP contribution in [0.3, 0.4) is 0 Å². The Kier molecular flexibility index (Phi) is 4.28. The minimum atomic E-state index is -4.29. The summed E-state index contributed by atoms with van der Waals surface area (Å²) < 4.78 is 36.7. The quantitative estimate of drug-likeness (QED) is 0.570. The van der Waals surface area contributed by atoms with Gasteiger partial charge < -0.3 is 4.79 Å². The normalized spacial score (nSPS) is 11.9. The summed E-state index contributed by atoms with van der Waals surface area (Å²) in [5, 5.41) is 0. The summed E-state index contributed by atoms with van der Waals surface area (Å²) >= 11 is 0. The van der Waals surface area contributed by atoms with Crippen LogP contribution in [0.15, 0.2) is 36.4 Å². The molecule has 1 rings (SSSR count). The van der Waals surface area contributed by atoms with Gasteiger partial charge in [0.1, 0.15) is 6.29 Å². The van der Waals surface area contributed by atoms with Gasteiger partial charge in [-0.05, 0) is 24.1 Å². The number of allylic oxidation sites excluding steroid dienone is 2. The monoisotopic (exact) mass is 228 g/mol. The lowest BCUT2D eigenvalue weighted by Crippen LogP contribution is -2.04. The zero-order chi connectivity index (χ0) is 12.0. The number of hydrogen-bond acceptors (Lipinski definition) is 1. The molecule has 0 saturated heterocycles. The Morgan fingerprint density at radius 2 is 1.69 bits per heavy atom. The molecule has 1 aromatic carbocycles. The molecule has 0 bridgehead atoms. The first-order valence-corrected chi connectivity index (χ1v) is 4.79. The van der Waals surface area contributed by atoms with Crippen molar-refractivity contribution >= 4 is 6.29 Å². The van der Waals surface area contributed by atoms with Crippen LogP contribution in [0.5, 0.6) is 0 Å². The van der Waals surface area contributed by atoms with E-state index < -0.39 is 11.7 Å². The summed E-state index contributed by atoms with van der Waals surface area (Å²) in [5.74, 6) is 0. The lowest BCUT2D eigenvalue weighted by Gasteiger charge is -2.06. The van der Waals surface area contributed by atoms with Gasteiger partial charge in [-0.25, -0.2) is 0 Å². The number of aldehydes is 1. The molecule has 0 fully saturated rings. The maximum absolute atomic E-state index is 12.2. The Morgan fingerprint density at radius 3 is 2.19 bits per heavy atom. The second-order valence-electron chi connectivity index (χ2n) is 3.27. The van der Waals surface area contributed by atoms with Crippen LogP contribution >= 0.6 is 0 Å². The van der Waals surface area contributed by atoms with E-state index in [1.807, 2.05) is 0 Å². The van der Waals surface area contributed by atoms with Crippen LogP contribution in [-0.2, 0) is 17.4 Å². The van der Waals surface area contributed by atoms with Crippen molar-refractivity contribution in [2.75, 3.05) is 0 Å². The molecule has 0 saturated carbocycles. The summed E-state index contributed by atoms with van der Waals surface area (Å²) in [6, 6.07) is 4.99. The molecule has 1 aromatic rings. The molecular formula is C12H11F3O. The van der Waals surface area contributed by atoms with Crippen LogP contribution in [0.1, 0.15) is 17.5 Å². The Labute approximate surface area is 91.6 Å². The van der Waals surface area contributed by atoms with Crippen LogP contribution < -0.4 is 0 Å². The molecule has 4 heteroatoms. The Balaban J connectivity index is 2.61. The summed E-state index contributed by atoms with van der Waals surface area (Å²) in [6.07, 6.45) is 0.795. The van der Waals surface area contributed by atoms with Crippen molar-refractivity contribution in [2.45, 2.75) is 19.0 Å². The van der Waals surface area contributed by atoms with Crippen LogP contribution in [0.2, 0.25) is 0 Å². The maximum atomic E-state index is 12.2. The van der Waals surface area contributed by atoms with Crippen molar-refractivity contribution in [3.8, 4) is 0 Å². The number of benzene rings is 1. The van der Waals surface area contributed by atoms with Gasteiger partial charge in [-0.15, -0.1) is 0 Å². The minimum absolute atomic E-state index is 0.334. The van der Waals surface area contributed by atoms with Crippen LogP contribution in [-0.4, -0.2) is 6.29 Å². The molecule has 0 aliphatic heterocycles. The number of carbonyl (C=O) groups is 1. The number of halogens is 3. The molecule has 86 valence electrons. The predicted molar refractivity (Wildman–Crippen MR) is 55.0 cm³/mol. The van der Waals surface area contributed by atoms with Gasteiger partial charge in [0, 0.05) is 6.42 Å². The van der Waals surface area contributed by atoms with E-state index in [0.717, 1.165) is 24.0 Å². The van der Waals surface area contributed by atoms with Gasteiger partial charge in [-0.2, -0.15) is 13.2 Å². The SMILES string of the molecule is O=CC/C=C\Cc1ccc(C(F)(F)F)cc1. The third-order valence-corrected chi connectivity index (χ3v) is 2.03. The molecule has 0 spiro atoms. The average molecular weight is 228 g/mol. The minimum Gasteiger partial charge on any atom is -0.303 e. The van der Waals surface area contributed by atoms with E-state index in [0.29, 0.717) is 12.8 Å². The van der Waals surface area contributed by atoms with Crippen molar-refractivity contribution in [1.82, 2.24) is 0 Å². The molecule has 0 amide bonds. The van der Waals surface area contributed by atoms with Crippen LogP contribution in [0, 0.1) is 0 Å². The van der Waals surface area contributed by atoms with Crippen LogP contribution in [0.4, 0.5) is 13.2 Å².